The van der Waals surface area contributed by atoms with Crippen molar-refractivity contribution in [3.05, 3.63) is 35.3 Å². The van der Waals surface area contributed by atoms with Crippen molar-refractivity contribution in [1.82, 2.24) is 4.98 Å². The van der Waals surface area contributed by atoms with Crippen molar-refractivity contribution in [3.8, 4) is 16.3 Å². The predicted octanol–water partition coefficient (Wildman–Crippen LogP) is 2.05. The normalized spacial score (nSPS) is 10.5. The number of phenolic OH excluding ortho intramolecular Hbond substituents is 1. The van der Waals surface area contributed by atoms with Gasteiger partial charge in [-0.25, -0.2) is 4.98 Å². The Kier molecular flexibility index (Phi) is 2.99. The van der Waals surface area contributed by atoms with Crippen molar-refractivity contribution in [2.24, 2.45) is 0 Å². The lowest BCUT2D eigenvalue weighted by Gasteiger charge is -1.98. The highest BCUT2D eigenvalue weighted by Crippen LogP contribution is 2.31. The van der Waals surface area contributed by atoms with E-state index in [2.05, 4.69) is 4.98 Å². The predicted molar refractivity (Wildman–Crippen MR) is 60.0 cm³/mol. The summed E-state index contributed by atoms with van der Waals surface area (Å²) >= 11 is 1.49. The summed E-state index contributed by atoms with van der Waals surface area (Å²) in [6.45, 7) is 0.127. The van der Waals surface area contributed by atoms with Gasteiger partial charge in [-0.2, -0.15) is 0 Å². The van der Waals surface area contributed by atoms with Gasteiger partial charge in [0.2, 0.25) is 0 Å². The van der Waals surface area contributed by atoms with Gasteiger partial charge in [0, 0.05) is 24.1 Å². The van der Waals surface area contributed by atoms with Crippen LogP contribution in [0.2, 0.25) is 0 Å². The molecule has 15 heavy (non-hydrogen) atoms. The molecule has 0 fully saturated rings. The van der Waals surface area contributed by atoms with E-state index >= 15 is 0 Å². The van der Waals surface area contributed by atoms with Gasteiger partial charge in [0.05, 0.1) is 5.56 Å². The molecule has 78 valence electrons. The Hall–Kier alpha value is -1.39. The first-order chi connectivity index (χ1) is 7.31. The van der Waals surface area contributed by atoms with Gasteiger partial charge in [-0.15, -0.1) is 11.3 Å². The summed E-state index contributed by atoms with van der Waals surface area (Å²) in [5, 5.41) is 19.2. The second-order valence-electron chi connectivity index (χ2n) is 3.12. The lowest BCUT2D eigenvalue weighted by atomic mass is 10.2. The maximum absolute atomic E-state index is 9.62. The number of hydrogen-bond acceptors (Lipinski definition) is 4. The van der Waals surface area contributed by atoms with Crippen LogP contribution in [0.4, 0.5) is 0 Å². The summed E-state index contributed by atoms with van der Waals surface area (Å²) in [7, 11) is 0. The van der Waals surface area contributed by atoms with Gasteiger partial charge in [-0.3, -0.25) is 0 Å². The molecule has 0 atom stereocenters. The molecule has 3 nitrogen and oxygen atoms in total. The Bertz CT molecular complexity index is 453. The lowest BCUT2D eigenvalue weighted by Crippen LogP contribution is -1.84. The molecule has 4 heteroatoms. The van der Waals surface area contributed by atoms with E-state index in [9.17, 15) is 5.11 Å². The largest absolute Gasteiger partial charge is 0.507 e. The molecule has 0 aliphatic carbocycles. The van der Waals surface area contributed by atoms with E-state index in [0.717, 1.165) is 15.4 Å². The third-order valence-corrected chi connectivity index (χ3v) is 3.14. The van der Waals surface area contributed by atoms with Gasteiger partial charge in [0.15, 0.2) is 0 Å². The van der Waals surface area contributed by atoms with Gasteiger partial charge >= 0.3 is 0 Å². The Morgan fingerprint density at radius 3 is 2.80 bits per heavy atom. The van der Waals surface area contributed by atoms with E-state index < -0.39 is 0 Å². The monoisotopic (exact) mass is 221 g/mol. The number of aliphatic hydroxyl groups is 1. The first-order valence-corrected chi connectivity index (χ1v) is 5.47. The molecule has 0 radical (unpaired) electrons. The summed E-state index contributed by atoms with van der Waals surface area (Å²) in [5.74, 6) is 0.238. The quantitative estimate of drug-likeness (QED) is 0.834. The molecule has 0 spiro atoms. The van der Waals surface area contributed by atoms with Crippen LogP contribution >= 0.6 is 11.3 Å². The standard InChI is InChI=1S/C11H11NO2S/c13-6-5-8-7-12-11(15-8)9-3-1-2-4-10(9)14/h1-4,7,13-14H,5-6H2. The minimum atomic E-state index is 0.127. The smallest absolute Gasteiger partial charge is 0.127 e. The van der Waals surface area contributed by atoms with Crippen LogP contribution in [0.1, 0.15) is 4.88 Å². The molecule has 0 bridgehead atoms. The van der Waals surface area contributed by atoms with Crippen LogP contribution in [0, 0.1) is 0 Å². The zero-order chi connectivity index (χ0) is 10.7. The van der Waals surface area contributed by atoms with Crippen LogP contribution in [0.15, 0.2) is 30.5 Å². The minimum absolute atomic E-state index is 0.127. The molecule has 0 aliphatic heterocycles. The zero-order valence-corrected chi connectivity index (χ0v) is 8.87. The maximum Gasteiger partial charge on any atom is 0.127 e. The summed E-state index contributed by atoms with van der Waals surface area (Å²) in [6.07, 6.45) is 2.36. The van der Waals surface area contributed by atoms with Crippen molar-refractivity contribution in [2.45, 2.75) is 6.42 Å². The number of nitrogens with zero attached hydrogens (tertiary/aromatic N) is 1. The first-order valence-electron chi connectivity index (χ1n) is 4.65. The number of rotatable bonds is 3. The van der Waals surface area contributed by atoms with Gasteiger partial charge in [0.1, 0.15) is 10.8 Å². The number of aliphatic hydroxyl groups excluding tert-OH is 1. The SMILES string of the molecule is OCCc1cnc(-c2ccccc2O)s1. The molecule has 2 rings (SSSR count). The Morgan fingerprint density at radius 2 is 2.07 bits per heavy atom. The molecule has 0 saturated heterocycles. The molecule has 0 saturated carbocycles. The number of benzene rings is 1. The second-order valence-corrected chi connectivity index (χ2v) is 4.24. The molecular formula is C11H11NO2S. The van der Waals surface area contributed by atoms with E-state index in [1.807, 2.05) is 12.1 Å². The van der Waals surface area contributed by atoms with Gasteiger partial charge in [-0.1, -0.05) is 12.1 Å². The number of phenols is 1. The molecule has 1 aromatic heterocycles. The van der Waals surface area contributed by atoms with Crippen LogP contribution < -0.4 is 0 Å². The van der Waals surface area contributed by atoms with Crippen LogP contribution in [0.3, 0.4) is 0 Å². The average molecular weight is 221 g/mol. The molecule has 2 N–H and O–H groups in total. The highest BCUT2D eigenvalue weighted by Gasteiger charge is 2.07. The van der Waals surface area contributed by atoms with Crippen LogP contribution in [0.5, 0.6) is 5.75 Å². The Morgan fingerprint density at radius 1 is 1.27 bits per heavy atom. The number of para-hydroxylation sites is 1. The Balaban J connectivity index is 2.33. The van der Waals surface area contributed by atoms with E-state index in [-0.39, 0.29) is 12.4 Å². The third-order valence-electron chi connectivity index (χ3n) is 2.05. The number of aromatic hydroxyl groups is 1. The van der Waals surface area contributed by atoms with E-state index in [1.165, 1.54) is 11.3 Å². The third kappa shape index (κ3) is 2.16. The van der Waals surface area contributed by atoms with E-state index in [1.54, 1.807) is 18.3 Å². The molecule has 1 aromatic carbocycles. The second kappa shape index (κ2) is 4.42. The summed E-state index contributed by atoms with van der Waals surface area (Å²) in [5.41, 5.74) is 0.742. The fourth-order valence-corrected chi connectivity index (χ4v) is 2.25. The molecule has 1 heterocycles. The molecule has 2 aromatic rings. The highest BCUT2D eigenvalue weighted by molar-refractivity contribution is 7.15. The fourth-order valence-electron chi connectivity index (χ4n) is 1.31. The van der Waals surface area contributed by atoms with Crippen molar-refractivity contribution < 1.29 is 10.2 Å². The average Bonchev–Trinajstić information content (AvgIpc) is 2.68. The van der Waals surface area contributed by atoms with Crippen LogP contribution in [0.25, 0.3) is 10.6 Å². The summed E-state index contributed by atoms with van der Waals surface area (Å²) < 4.78 is 0. The van der Waals surface area contributed by atoms with Crippen LogP contribution in [-0.2, 0) is 6.42 Å². The van der Waals surface area contributed by atoms with Crippen molar-refractivity contribution in [3.63, 3.8) is 0 Å². The maximum atomic E-state index is 9.62. The molecule has 0 unspecified atom stereocenters. The number of aromatic nitrogens is 1. The summed E-state index contributed by atoms with van der Waals surface area (Å²) in [4.78, 5) is 5.24. The number of thiazole rings is 1. The molecule has 0 amide bonds. The van der Waals surface area contributed by atoms with Crippen molar-refractivity contribution >= 4 is 11.3 Å². The lowest BCUT2D eigenvalue weighted by molar-refractivity contribution is 0.300. The molecular weight excluding hydrogens is 210 g/mol. The topological polar surface area (TPSA) is 53.4 Å². The van der Waals surface area contributed by atoms with Gasteiger partial charge in [0.25, 0.3) is 0 Å². The Labute approximate surface area is 91.7 Å². The van der Waals surface area contributed by atoms with Crippen molar-refractivity contribution in [1.29, 1.82) is 0 Å². The fraction of sp³-hybridized carbons (Fsp3) is 0.182. The van der Waals surface area contributed by atoms with E-state index in [0.29, 0.717) is 6.42 Å². The van der Waals surface area contributed by atoms with Gasteiger partial charge in [-0.05, 0) is 12.1 Å². The summed E-state index contributed by atoms with van der Waals surface area (Å²) in [6, 6.07) is 7.11. The molecule has 0 aliphatic rings. The van der Waals surface area contributed by atoms with Crippen molar-refractivity contribution in [2.75, 3.05) is 6.61 Å². The van der Waals surface area contributed by atoms with E-state index in [4.69, 9.17) is 5.11 Å². The highest BCUT2D eigenvalue weighted by atomic mass is 32.1. The number of hydrogen-bond donors (Lipinski definition) is 2. The first kappa shape index (κ1) is 10.1. The van der Waals surface area contributed by atoms with Crippen LogP contribution in [-0.4, -0.2) is 21.8 Å². The minimum Gasteiger partial charge on any atom is -0.507 e. The van der Waals surface area contributed by atoms with Gasteiger partial charge < -0.3 is 10.2 Å². The zero-order valence-electron chi connectivity index (χ0n) is 8.05.